The Balaban J connectivity index is 2.12. The van der Waals surface area contributed by atoms with Gasteiger partial charge in [-0.05, 0) is 67.7 Å². The van der Waals surface area contributed by atoms with Crippen molar-refractivity contribution in [2.45, 2.75) is 13.2 Å². The zero-order chi connectivity index (χ0) is 15.1. The van der Waals surface area contributed by atoms with E-state index < -0.39 is 0 Å². The fourth-order valence-corrected chi connectivity index (χ4v) is 3.21. The predicted molar refractivity (Wildman–Crippen MR) is 90.8 cm³/mol. The summed E-state index contributed by atoms with van der Waals surface area (Å²) in [5.74, 6) is 0. The maximum Gasteiger partial charge on any atom is 0.0691 e. The first-order chi connectivity index (χ1) is 10.8. The zero-order valence-corrected chi connectivity index (χ0v) is 12.1. The molecule has 108 valence electrons. The lowest BCUT2D eigenvalue weighted by molar-refractivity contribution is 0.261. The first-order valence-corrected chi connectivity index (χ1v) is 7.39. The van der Waals surface area contributed by atoms with Crippen LogP contribution in [0.4, 0.5) is 0 Å². The minimum atomic E-state index is -0.0632. The van der Waals surface area contributed by atoms with E-state index in [1.807, 2.05) is 24.3 Å². The molecule has 4 aromatic carbocycles. The lowest BCUT2D eigenvalue weighted by Gasteiger charge is -2.11. The first kappa shape index (κ1) is 13.3. The third-order valence-corrected chi connectivity index (χ3v) is 4.38. The number of hydrogen-bond donors (Lipinski definition) is 2. The molecular formula is C20H16O2. The van der Waals surface area contributed by atoms with E-state index in [0.717, 1.165) is 27.3 Å². The van der Waals surface area contributed by atoms with Crippen LogP contribution in [-0.2, 0) is 13.2 Å². The molecule has 0 aliphatic rings. The van der Waals surface area contributed by atoms with Crippen molar-refractivity contribution in [3.63, 3.8) is 0 Å². The summed E-state index contributed by atoms with van der Waals surface area (Å²) in [5, 5.41) is 26.0. The average molecular weight is 288 g/mol. The summed E-state index contributed by atoms with van der Waals surface area (Å²) >= 11 is 0. The maximum absolute atomic E-state index is 9.68. The van der Waals surface area contributed by atoms with Gasteiger partial charge in [-0.3, -0.25) is 0 Å². The summed E-state index contributed by atoms with van der Waals surface area (Å²) in [6, 6.07) is 20.8. The van der Waals surface area contributed by atoms with Crippen LogP contribution in [0, 0.1) is 0 Å². The number of aliphatic hydroxyl groups is 2. The molecule has 0 heterocycles. The Hall–Kier alpha value is -2.42. The van der Waals surface area contributed by atoms with Gasteiger partial charge in [0, 0.05) is 0 Å². The Morgan fingerprint density at radius 2 is 1.23 bits per heavy atom. The van der Waals surface area contributed by atoms with Crippen LogP contribution in [0.1, 0.15) is 11.1 Å². The van der Waals surface area contributed by atoms with E-state index in [-0.39, 0.29) is 13.2 Å². The van der Waals surface area contributed by atoms with Crippen LogP contribution in [0.15, 0.2) is 60.7 Å². The second-order valence-electron chi connectivity index (χ2n) is 5.64. The minimum Gasteiger partial charge on any atom is -0.392 e. The Labute approximate surface area is 128 Å². The fourth-order valence-electron chi connectivity index (χ4n) is 3.21. The van der Waals surface area contributed by atoms with Crippen molar-refractivity contribution in [1.82, 2.24) is 0 Å². The monoisotopic (exact) mass is 288 g/mol. The zero-order valence-electron chi connectivity index (χ0n) is 12.1. The summed E-state index contributed by atoms with van der Waals surface area (Å²) in [6.45, 7) is -0.117. The van der Waals surface area contributed by atoms with Crippen LogP contribution >= 0.6 is 0 Å². The molecule has 4 aromatic rings. The molecule has 2 N–H and O–H groups in total. The molecule has 0 saturated heterocycles. The standard InChI is InChI=1S/C20H16O2/c21-11-16-6-5-15-9-17-7-13-3-1-2-4-14(13)8-18(17)10-19(15)20(16)12-22/h1-10,21-22H,11-12H2. The smallest absolute Gasteiger partial charge is 0.0691 e. The Kier molecular flexibility index (Phi) is 3.07. The van der Waals surface area contributed by atoms with E-state index in [1.165, 1.54) is 16.2 Å². The summed E-state index contributed by atoms with van der Waals surface area (Å²) in [7, 11) is 0. The van der Waals surface area contributed by atoms with Crippen LogP contribution in [0.25, 0.3) is 32.3 Å². The molecule has 0 unspecified atom stereocenters. The van der Waals surface area contributed by atoms with E-state index >= 15 is 0 Å². The van der Waals surface area contributed by atoms with Crippen molar-refractivity contribution >= 4 is 32.3 Å². The van der Waals surface area contributed by atoms with Gasteiger partial charge < -0.3 is 10.2 Å². The Morgan fingerprint density at radius 3 is 1.86 bits per heavy atom. The van der Waals surface area contributed by atoms with E-state index in [1.54, 1.807) is 0 Å². The van der Waals surface area contributed by atoms with Gasteiger partial charge in [-0.15, -0.1) is 0 Å². The quantitative estimate of drug-likeness (QED) is 0.544. The molecule has 0 aromatic heterocycles. The van der Waals surface area contributed by atoms with Crippen molar-refractivity contribution in [2.75, 3.05) is 0 Å². The third kappa shape index (κ3) is 1.97. The maximum atomic E-state index is 9.68. The Morgan fingerprint density at radius 1 is 0.591 bits per heavy atom. The van der Waals surface area contributed by atoms with Crippen molar-refractivity contribution in [3.8, 4) is 0 Å². The lowest BCUT2D eigenvalue weighted by Crippen LogP contribution is -1.95. The molecule has 0 radical (unpaired) electrons. The van der Waals surface area contributed by atoms with Crippen LogP contribution in [0.3, 0.4) is 0 Å². The lowest BCUT2D eigenvalue weighted by atomic mass is 9.95. The van der Waals surface area contributed by atoms with Crippen molar-refractivity contribution in [2.24, 2.45) is 0 Å². The van der Waals surface area contributed by atoms with Crippen molar-refractivity contribution < 1.29 is 10.2 Å². The highest BCUT2D eigenvalue weighted by molar-refractivity contribution is 6.05. The van der Waals surface area contributed by atoms with Crippen LogP contribution in [0.5, 0.6) is 0 Å². The molecule has 0 aliphatic heterocycles. The van der Waals surface area contributed by atoms with Gasteiger partial charge in [0.05, 0.1) is 13.2 Å². The summed E-state index contributed by atoms with van der Waals surface area (Å²) in [6.07, 6.45) is 0. The largest absolute Gasteiger partial charge is 0.392 e. The van der Waals surface area contributed by atoms with Gasteiger partial charge in [0.25, 0.3) is 0 Å². The van der Waals surface area contributed by atoms with E-state index in [9.17, 15) is 10.2 Å². The van der Waals surface area contributed by atoms with Gasteiger partial charge >= 0.3 is 0 Å². The van der Waals surface area contributed by atoms with E-state index in [2.05, 4.69) is 36.4 Å². The molecule has 0 saturated carbocycles. The molecule has 0 fully saturated rings. The molecular weight excluding hydrogens is 272 g/mol. The normalized spacial score (nSPS) is 11.5. The van der Waals surface area contributed by atoms with Crippen LogP contribution in [0.2, 0.25) is 0 Å². The Bertz CT molecular complexity index is 1000. The predicted octanol–water partition coefficient (Wildman–Crippen LogP) is 4.13. The van der Waals surface area contributed by atoms with Gasteiger partial charge in [-0.2, -0.15) is 0 Å². The number of rotatable bonds is 2. The number of aliphatic hydroxyl groups excluding tert-OH is 2. The highest BCUT2D eigenvalue weighted by Gasteiger charge is 2.08. The van der Waals surface area contributed by atoms with Gasteiger partial charge in [0.1, 0.15) is 0 Å². The minimum absolute atomic E-state index is 0.0540. The van der Waals surface area contributed by atoms with Gasteiger partial charge in [-0.1, -0.05) is 36.4 Å². The van der Waals surface area contributed by atoms with Crippen LogP contribution < -0.4 is 0 Å². The van der Waals surface area contributed by atoms with E-state index in [4.69, 9.17) is 0 Å². The number of benzene rings is 4. The van der Waals surface area contributed by atoms with E-state index in [0.29, 0.717) is 0 Å². The van der Waals surface area contributed by atoms with Gasteiger partial charge in [0.15, 0.2) is 0 Å². The first-order valence-electron chi connectivity index (χ1n) is 7.39. The third-order valence-electron chi connectivity index (χ3n) is 4.38. The molecule has 0 atom stereocenters. The fraction of sp³-hybridized carbons (Fsp3) is 0.100. The van der Waals surface area contributed by atoms with Gasteiger partial charge in [-0.25, -0.2) is 0 Å². The second kappa shape index (κ2) is 5.09. The summed E-state index contributed by atoms with van der Waals surface area (Å²) in [5.41, 5.74) is 1.60. The molecule has 2 nitrogen and oxygen atoms in total. The SMILES string of the molecule is OCc1ccc2cc3cc4ccccc4cc3cc2c1CO. The van der Waals surface area contributed by atoms with Crippen molar-refractivity contribution in [3.05, 3.63) is 71.8 Å². The molecule has 0 aliphatic carbocycles. The molecule has 4 rings (SSSR count). The molecule has 22 heavy (non-hydrogen) atoms. The number of hydrogen-bond acceptors (Lipinski definition) is 2. The van der Waals surface area contributed by atoms with Crippen LogP contribution in [-0.4, -0.2) is 10.2 Å². The summed E-state index contributed by atoms with van der Waals surface area (Å²) in [4.78, 5) is 0. The highest BCUT2D eigenvalue weighted by Crippen LogP contribution is 2.30. The molecule has 0 spiro atoms. The highest BCUT2D eigenvalue weighted by atomic mass is 16.3. The average Bonchev–Trinajstić information content (AvgIpc) is 2.57. The topological polar surface area (TPSA) is 40.5 Å². The summed E-state index contributed by atoms with van der Waals surface area (Å²) < 4.78 is 0. The molecule has 0 amide bonds. The van der Waals surface area contributed by atoms with Crippen molar-refractivity contribution in [1.29, 1.82) is 0 Å². The number of fused-ring (bicyclic) bond motifs is 3. The second-order valence-corrected chi connectivity index (χ2v) is 5.64. The molecule has 2 heteroatoms. The van der Waals surface area contributed by atoms with Gasteiger partial charge in [0.2, 0.25) is 0 Å². The molecule has 0 bridgehead atoms.